The van der Waals surface area contributed by atoms with E-state index in [1.807, 2.05) is 43.3 Å². The second-order valence-corrected chi connectivity index (χ2v) is 8.15. The third-order valence-corrected chi connectivity index (χ3v) is 6.23. The van der Waals surface area contributed by atoms with Gasteiger partial charge in [-0.1, -0.05) is 43.3 Å². The number of thiophene rings is 1. The highest BCUT2D eigenvalue weighted by Gasteiger charge is 2.20. The van der Waals surface area contributed by atoms with Crippen LogP contribution in [-0.4, -0.2) is 27.4 Å². The fraction of sp³-hybridized carbons (Fsp3) is 0.217. The van der Waals surface area contributed by atoms with E-state index in [-0.39, 0.29) is 11.8 Å². The van der Waals surface area contributed by atoms with Crippen molar-refractivity contribution < 1.29 is 4.79 Å². The van der Waals surface area contributed by atoms with Crippen LogP contribution < -0.4 is 10.6 Å². The average Bonchev–Trinajstić information content (AvgIpc) is 3.14. The molecule has 1 amide bonds. The number of hydrogen-bond acceptors (Lipinski definition) is 6. The van der Waals surface area contributed by atoms with Crippen molar-refractivity contribution >= 4 is 33.3 Å². The van der Waals surface area contributed by atoms with E-state index in [1.54, 1.807) is 6.20 Å². The number of carbonyl (C=O) groups is 1. The largest absolute Gasteiger partial charge is 0.364 e. The molecule has 0 saturated carbocycles. The lowest BCUT2D eigenvalue weighted by Crippen LogP contribution is -2.27. The van der Waals surface area contributed by atoms with E-state index in [0.717, 1.165) is 27.3 Å². The predicted octanol–water partition coefficient (Wildman–Crippen LogP) is 4.54. The van der Waals surface area contributed by atoms with Crippen molar-refractivity contribution in [2.75, 3.05) is 11.9 Å². The molecule has 1 atom stereocenters. The van der Waals surface area contributed by atoms with Crippen LogP contribution in [-0.2, 0) is 6.54 Å². The van der Waals surface area contributed by atoms with E-state index < -0.39 is 0 Å². The van der Waals surface area contributed by atoms with Gasteiger partial charge in [-0.3, -0.25) is 9.78 Å². The van der Waals surface area contributed by atoms with E-state index in [1.165, 1.54) is 23.2 Å². The van der Waals surface area contributed by atoms with Crippen LogP contribution in [0.4, 0.5) is 5.82 Å². The van der Waals surface area contributed by atoms with Crippen molar-refractivity contribution in [3.63, 3.8) is 0 Å². The zero-order chi connectivity index (χ0) is 20.9. The Hall–Kier alpha value is -3.32. The zero-order valence-electron chi connectivity index (χ0n) is 16.9. The monoisotopic (exact) mass is 417 g/mol. The van der Waals surface area contributed by atoms with E-state index in [9.17, 15) is 4.79 Å². The maximum atomic E-state index is 12.9. The summed E-state index contributed by atoms with van der Waals surface area (Å²) in [4.78, 5) is 27.5. The summed E-state index contributed by atoms with van der Waals surface area (Å²) in [6.45, 7) is 5.19. The number of carbonyl (C=O) groups excluding carboxylic acids is 1. The number of hydrogen-bond donors (Lipinski definition) is 2. The molecule has 0 saturated heterocycles. The maximum absolute atomic E-state index is 12.9. The van der Waals surface area contributed by atoms with Gasteiger partial charge in [0.25, 0.3) is 5.91 Å². The fourth-order valence-electron chi connectivity index (χ4n) is 3.32. The molecule has 4 aromatic rings. The molecule has 0 bridgehead atoms. The summed E-state index contributed by atoms with van der Waals surface area (Å²) in [6, 6.07) is 16.0. The van der Waals surface area contributed by atoms with Crippen LogP contribution in [0.15, 0.2) is 61.1 Å². The van der Waals surface area contributed by atoms with Gasteiger partial charge in [-0.05, 0) is 36.1 Å². The smallest absolute Gasteiger partial charge is 0.261 e. The first-order valence-corrected chi connectivity index (χ1v) is 10.7. The van der Waals surface area contributed by atoms with Crippen LogP contribution in [0, 0.1) is 6.92 Å². The van der Waals surface area contributed by atoms with E-state index in [4.69, 9.17) is 0 Å². The van der Waals surface area contributed by atoms with Crippen LogP contribution in [0.5, 0.6) is 0 Å². The van der Waals surface area contributed by atoms with Crippen LogP contribution >= 0.6 is 11.3 Å². The Morgan fingerprint density at radius 3 is 2.63 bits per heavy atom. The number of benzene rings is 1. The number of nitrogens with zero attached hydrogens (tertiary/aromatic N) is 3. The van der Waals surface area contributed by atoms with Gasteiger partial charge < -0.3 is 10.6 Å². The number of anilines is 1. The Labute approximate surface area is 179 Å². The second-order valence-electron chi connectivity index (χ2n) is 7.15. The molecule has 0 aliphatic heterocycles. The first kappa shape index (κ1) is 20.0. The molecule has 3 aromatic heterocycles. The SMILES string of the molecule is Cc1c(C(=O)NCC(C)c2ccccc2)sc2ncnc(NCc3ccccn3)c12. The number of pyridine rings is 1. The Balaban J connectivity index is 1.50. The third kappa shape index (κ3) is 4.31. The number of aromatic nitrogens is 3. The molecule has 0 radical (unpaired) electrons. The number of aryl methyl sites for hydroxylation is 1. The van der Waals surface area contributed by atoms with Gasteiger partial charge >= 0.3 is 0 Å². The molecule has 2 N–H and O–H groups in total. The highest BCUT2D eigenvalue weighted by atomic mass is 32.1. The fourth-order valence-corrected chi connectivity index (χ4v) is 4.39. The van der Waals surface area contributed by atoms with Crippen LogP contribution in [0.2, 0.25) is 0 Å². The summed E-state index contributed by atoms with van der Waals surface area (Å²) < 4.78 is 0. The topological polar surface area (TPSA) is 79.8 Å². The summed E-state index contributed by atoms with van der Waals surface area (Å²) in [5, 5.41) is 7.29. The summed E-state index contributed by atoms with van der Waals surface area (Å²) in [5.74, 6) is 0.880. The predicted molar refractivity (Wildman–Crippen MR) is 121 cm³/mol. The molecule has 4 rings (SSSR count). The molecule has 7 heteroatoms. The highest BCUT2D eigenvalue weighted by molar-refractivity contribution is 7.20. The van der Waals surface area contributed by atoms with Crippen molar-refractivity contribution in [1.29, 1.82) is 0 Å². The normalized spacial score (nSPS) is 11.9. The molecule has 1 aromatic carbocycles. The average molecular weight is 418 g/mol. The van der Waals surface area contributed by atoms with E-state index in [2.05, 4.69) is 44.6 Å². The Bertz CT molecular complexity index is 1140. The molecular formula is C23H23N5OS. The minimum absolute atomic E-state index is 0.0750. The Morgan fingerprint density at radius 2 is 1.87 bits per heavy atom. The first-order valence-electron chi connectivity index (χ1n) is 9.84. The van der Waals surface area contributed by atoms with E-state index >= 15 is 0 Å². The van der Waals surface area contributed by atoms with Gasteiger partial charge in [0.1, 0.15) is 17.0 Å². The first-order chi connectivity index (χ1) is 14.6. The van der Waals surface area contributed by atoms with Gasteiger partial charge in [0.05, 0.1) is 22.5 Å². The molecule has 3 heterocycles. The molecule has 0 spiro atoms. The minimum atomic E-state index is -0.0750. The third-order valence-electron chi connectivity index (χ3n) is 5.03. The van der Waals surface area contributed by atoms with Gasteiger partial charge in [-0.25, -0.2) is 9.97 Å². The van der Waals surface area contributed by atoms with Crippen molar-refractivity contribution in [3.8, 4) is 0 Å². The van der Waals surface area contributed by atoms with Crippen LogP contribution in [0.1, 0.15) is 39.3 Å². The van der Waals surface area contributed by atoms with Crippen molar-refractivity contribution in [3.05, 3.63) is 82.8 Å². The number of amides is 1. The van der Waals surface area contributed by atoms with Gasteiger partial charge in [0, 0.05) is 12.7 Å². The van der Waals surface area contributed by atoms with Gasteiger partial charge in [-0.2, -0.15) is 0 Å². The van der Waals surface area contributed by atoms with Crippen molar-refractivity contribution in [1.82, 2.24) is 20.3 Å². The lowest BCUT2D eigenvalue weighted by Gasteiger charge is -2.13. The molecule has 0 fully saturated rings. The molecule has 0 aliphatic rings. The Morgan fingerprint density at radius 1 is 1.07 bits per heavy atom. The molecule has 30 heavy (non-hydrogen) atoms. The van der Waals surface area contributed by atoms with E-state index in [0.29, 0.717) is 18.0 Å². The lowest BCUT2D eigenvalue weighted by atomic mass is 10.0. The number of nitrogens with one attached hydrogen (secondary N) is 2. The Kier molecular flexibility index (Phi) is 5.99. The molecule has 1 unspecified atom stereocenters. The lowest BCUT2D eigenvalue weighted by molar-refractivity contribution is 0.0955. The summed E-state index contributed by atoms with van der Waals surface area (Å²) >= 11 is 1.40. The zero-order valence-corrected chi connectivity index (χ0v) is 17.7. The number of fused-ring (bicyclic) bond motifs is 1. The minimum Gasteiger partial charge on any atom is -0.364 e. The molecule has 6 nitrogen and oxygen atoms in total. The van der Waals surface area contributed by atoms with Crippen LogP contribution in [0.3, 0.4) is 0 Å². The molecule has 0 aliphatic carbocycles. The van der Waals surface area contributed by atoms with Gasteiger partial charge in [0.15, 0.2) is 0 Å². The quantitative estimate of drug-likeness (QED) is 0.461. The standard InChI is InChI=1S/C23H23N5OS/c1-15(17-8-4-3-5-9-17)12-26-22(29)20-16(2)19-21(27-14-28-23(19)30-20)25-13-18-10-6-7-11-24-18/h3-11,14-15H,12-13H2,1-2H3,(H,26,29)(H,25,27,28). The molecular weight excluding hydrogens is 394 g/mol. The summed E-state index contributed by atoms with van der Waals surface area (Å²) in [6.07, 6.45) is 3.29. The maximum Gasteiger partial charge on any atom is 0.261 e. The summed E-state index contributed by atoms with van der Waals surface area (Å²) in [7, 11) is 0. The molecule has 152 valence electrons. The van der Waals surface area contributed by atoms with Crippen molar-refractivity contribution in [2.24, 2.45) is 0 Å². The van der Waals surface area contributed by atoms with Gasteiger partial charge in [0.2, 0.25) is 0 Å². The summed E-state index contributed by atoms with van der Waals surface area (Å²) in [5.41, 5.74) is 3.02. The second kappa shape index (κ2) is 9.00. The van der Waals surface area contributed by atoms with Crippen LogP contribution in [0.25, 0.3) is 10.2 Å². The van der Waals surface area contributed by atoms with Crippen molar-refractivity contribution in [2.45, 2.75) is 26.3 Å². The number of rotatable bonds is 7. The highest BCUT2D eigenvalue weighted by Crippen LogP contribution is 2.33. The van der Waals surface area contributed by atoms with Gasteiger partial charge in [-0.15, -0.1) is 11.3 Å².